The van der Waals surface area contributed by atoms with E-state index < -0.39 is 0 Å². The Morgan fingerprint density at radius 1 is 1.04 bits per heavy atom. The first-order chi connectivity index (χ1) is 11.6. The lowest BCUT2D eigenvalue weighted by Crippen LogP contribution is -2.35. The summed E-state index contributed by atoms with van der Waals surface area (Å²) in [5.74, 6) is 2.46. The maximum absolute atomic E-state index is 11.0. The van der Waals surface area contributed by atoms with Crippen molar-refractivity contribution in [3.05, 3.63) is 11.1 Å². The van der Waals surface area contributed by atoms with E-state index >= 15 is 0 Å². The van der Waals surface area contributed by atoms with E-state index in [0.717, 1.165) is 19.3 Å². The molecule has 0 spiro atoms. The second-order valence-electron chi connectivity index (χ2n) is 8.89. The Hall–Kier alpha value is -0.830. The zero-order valence-corrected chi connectivity index (χ0v) is 17.5. The predicted molar refractivity (Wildman–Crippen MR) is 104 cm³/mol. The second kappa shape index (κ2) is 10.4. The molecule has 2 aliphatic rings. The molecule has 25 heavy (non-hydrogen) atoms. The third-order valence-electron chi connectivity index (χ3n) is 5.86. The summed E-state index contributed by atoms with van der Waals surface area (Å²) in [5.41, 5.74) is 2.59. The van der Waals surface area contributed by atoms with Crippen molar-refractivity contribution in [2.75, 3.05) is 0 Å². The molecule has 0 aromatic rings. The van der Waals surface area contributed by atoms with Gasteiger partial charge in [0.1, 0.15) is 6.10 Å². The average molecular weight is 353 g/mol. The van der Waals surface area contributed by atoms with Crippen LogP contribution in [0.2, 0.25) is 0 Å². The van der Waals surface area contributed by atoms with Crippen LogP contribution in [-0.4, -0.2) is 23.3 Å². The molecule has 2 saturated carbocycles. The second-order valence-corrected chi connectivity index (χ2v) is 8.89. The number of hydrogen-bond acceptors (Lipinski definition) is 3. The molecule has 5 atom stereocenters. The first kappa shape index (κ1) is 22.2. The molecule has 0 radical (unpaired) electrons. The molecule has 2 fully saturated rings. The molecular weight excluding hydrogens is 312 g/mol. The summed E-state index contributed by atoms with van der Waals surface area (Å²) in [7, 11) is 0. The number of rotatable bonds is 2. The zero-order valence-electron chi connectivity index (χ0n) is 17.5. The van der Waals surface area contributed by atoms with Gasteiger partial charge in [-0.2, -0.15) is 0 Å². The van der Waals surface area contributed by atoms with Crippen molar-refractivity contribution in [1.82, 2.24) is 0 Å². The highest BCUT2D eigenvalue weighted by Gasteiger charge is 2.32. The fraction of sp³-hybridized carbons (Fsp3) is 0.864. The molecule has 3 heteroatoms. The predicted octanol–water partition coefficient (Wildman–Crippen LogP) is 5.51. The Morgan fingerprint density at radius 3 is 2.12 bits per heavy atom. The smallest absolute Gasteiger partial charge is 0.302 e. The van der Waals surface area contributed by atoms with Crippen molar-refractivity contribution < 1.29 is 14.6 Å². The van der Waals surface area contributed by atoms with E-state index in [1.165, 1.54) is 37.3 Å². The van der Waals surface area contributed by atoms with Crippen molar-refractivity contribution in [1.29, 1.82) is 0 Å². The van der Waals surface area contributed by atoms with Crippen LogP contribution in [0.4, 0.5) is 0 Å². The fourth-order valence-corrected chi connectivity index (χ4v) is 4.26. The summed E-state index contributed by atoms with van der Waals surface area (Å²) < 4.78 is 5.40. The van der Waals surface area contributed by atoms with Crippen molar-refractivity contribution >= 4 is 5.97 Å². The lowest BCUT2D eigenvalue weighted by molar-refractivity contribution is -0.153. The van der Waals surface area contributed by atoms with Gasteiger partial charge in [-0.15, -0.1) is 0 Å². The van der Waals surface area contributed by atoms with Crippen molar-refractivity contribution in [2.24, 2.45) is 23.7 Å². The number of hydrogen-bond donors (Lipinski definition) is 1. The SMILES string of the molecule is CC(=O)O[C@@H]1C[C@H](C)CC[C@H]1C(C)C.CC(C)=C1CC[C@@H](C)C[C@H]1O. The summed E-state index contributed by atoms with van der Waals surface area (Å²) >= 11 is 0. The Morgan fingerprint density at radius 2 is 1.64 bits per heavy atom. The van der Waals surface area contributed by atoms with Gasteiger partial charge in [0.05, 0.1) is 6.10 Å². The lowest BCUT2D eigenvalue weighted by Gasteiger charge is -2.36. The van der Waals surface area contributed by atoms with Crippen LogP contribution in [0.15, 0.2) is 11.1 Å². The average Bonchev–Trinajstić information content (AvgIpc) is 2.46. The lowest BCUT2D eigenvalue weighted by atomic mass is 9.75. The largest absolute Gasteiger partial charge is 0.462 e. The summed E-state index contributed by atoms with van der Waals surface area (Å²) in [6.07, 6.45) is 6.85. The number of aliphatic hydroxyl groups is 1. The number of esters is 1. The highest BCUT2D eigenvalue weighted by atomic mass is 16.5. The van der Waals surface area contributed by atoms with Gasteiger partial charge in [0.25, 0.3) is 0 Å². The van der Waals surface area contributed by atoms with Gasteiger partial charge in [-0.25, -0.2) is 0 Å². The molecule has 0 aromatic heterocycles. The molecule has 1 N–H and O–H groups in total. The fourth-order valence-electron chi connectivity index (χ4n) is 4.26. The van der Waals surface area contributed by atoms with Crippen molar-refractivity contribution in [3.8, 4) is 0 Å². The molecule has 0 unspecified atom stereocenters. The quantitative estimate of drug-likeness (QED) is 0.526. The normalized spacial score (nSPS) is 32.7. The Balaban J connectivity index is 0.000000257. The van der Waals surface area contributed by atoms with Gasteiger partial charge in [-0.05, 0) is 75.2 Å². The highest BCUT2D eigenvalue weighted by molar-refractivity contribution is 5.66. The van der Waals surface area contributed by atoms with Gasteiger partial charge >= 0.3 is 5.97 Å². The zero-order chi connectivity index (χ0) is 19.1. The van der Waals surface area contributed by atoms with Gasteiger partial charge in [-0.3, -0.25) is 4.79 Å². The van der Waals surface area contributed by atoms with E-state index in [9.17, 15) is 9.90 Å². The first-order valence-electron chi connectivity index (χ1n) is 10.1. The van der Waals surface area contributed by atoms with Crippen LogP contribution in [0, 0.1) is 23.7 Å². The minimum absolute atomic E-state index is 0.130. The summed E-state index contributed by atoms with van der Waals surface area (Å²) in [4.78, 5) is 11.0. The van der Waals surface area contributed by atoms with Crippen LogP contribution < -0.4 is 0 Å². The summed E-state index contributed by atoms with van der Waals surface area (Å²) in [5, 5.41) is 9.65. The molecule has 0 saturated heterocycles. The van der Waals surface area contributed by atoms with E-state index in [-0.39, 0.29) is 18.2 Å². The van der Waals surface area contributed by atoms with Crippen LogP contribution in [0.3, 0.4) is 0 Å². The van der Waals surface area contributed by atoms with Gasteiger partial charge in [0.15, 0.2) is 0 Å². The summed E-state index contributed by atoms with van der Waals surface area (Å²) in [6.45, 7) is 14.6. The van der Waals surface area contributed by atoms with E-state index in [1.807, 2.05) is 0 Å². The number of aliphatic hydroxyl groups excluding tert-OH is 1. The molecule has 0 heterocycles. The molecular formula is C22H40O3. The third kappa shape index (κ3) is 7.52. The standard InChI is InChI=1S/C12H22O2.C10H18O/c1-8(2)11-6-5-9(3)7-12(11)14-10(4)13;1-7(2)9-5-4-8(3)6-10(9)11/h8-9,11-12H,5-7H2,1-4H3;8,10-11H,4-6H2,1-3H3/t9-,11+,12-;8-,10-/m11/s1. The van der Waals surface area contributed by atoms with E-state index in [0.29, 0.717) is 23.7 Å². The number of carbonyl (C=O) groups is 1. The van der Waals surface area contributed by atoms with Gasteiger partial charge < -0.3 is 9.84 Å². The molecule has 146 valence electrons. The monoisotopic (exact) mass is 352 g/mol. The van der Waals surface area contributed by atoms with Gasteiger partial charge in [0.2, 0.25) is 0 Å². The van der Waals surface area contributed by atoms with Crippen LogP contribution in [0.1, 0.15) is 87.0 Å². The number of carbonyl (C=O) groups excluding carboxylic acids is 1. The van der Waals surface area contributed by atoms with E-state index in [1.54, 1.807) is 0 Å². The molecule has 0 aromatic carbocycles. The van der Waals surface area contributed by atoms with Crippen LogP contribution in [-0.2, 0) is 9.53 Å². The Bertz CT molecular complexity index is 448. The minimum atomic E-state index is -0.149. The molecule has 2 rings (SSSR count). The molecule has 0 amide bonds. The highest BCUT2D eigenvalue weighted by Crippen LogP contribution is 2.35. The Labute approximate surface area is 155 Å². The number of ether oxygens (including phenoxy) is 1. The van der Waals surface area contributed by atoms with E-state index in [2.05, 4.69) is 41.5 Å². The maximum Gasteiger partial charge on any atom is 0.302 e. The first-order valence-corrected chi connectivity index (χ1v) is 10.1. The van der Waals surface area contributed by atoms with Crippen molar-refractivity contribution in [3.63, 3.8) is 0 Å². The van der Waals surface area contributed by atoms with Gasteiger partial charge in [-0.1, -0.05) is 39.7 Å². The third-order valence-corrected chi connectivity index (χ3v) is 5.86. The van der Waals surface area contributed by atoms with Crippen molar-refractivity contribution in [2.45, 2.75) is 99.2 Å². The van der Waals surface area contributed by atoms with Crippen LogP contribution in [0.25, 0.3) is 0 Å². The maximum atomic E-state index is 11.0. The van der Waals surface area contributed by atoms with Crippen LogP contribution in [0.5, 0.6) is 0 Å². The molecule has 0 aliphatic heterocycles. The molecule has 0 bridgehead atoms. The molecule has 2 aliphatic carbocycles. The number of allylic oxidation sites excluding steroid dienone is 1. The van der Waals surface area contributed by atoms with E-state index in [4.69, 9.17) is 4.74 Å². The molecule has 3 nitrogen and oxygen atoms in total. The van der Waals surface area contributed by atoms with Gasteiger partial charge in [0, 0.05) is 6.92 Å². The van der Waals surface area contributed by atoms with Crippen LogP contribution >= 0.6 is 0 Å². The Kier molecular flexibility index (Phi) is 9.20. The summed E-state index contributed by atoms with van der Waals surface area (Å²) in [6, 6.07) is 0. The minimum Gasteiger partial charge on any atom is -0.462 e. The topological polar surface area (TPSA) is 46.5 Å².